The van der Waals surface area contributed by atoms with Crippen LogP contribution >= 0.6 is 0 Å². The van der Waals surface area contributed by atoms with Gasteiger partial charge in [-0.1, -0.05) is 47.5 Å². The Morgan fingerprint density at radius 3 is 1.96 bits per heavy atom. The third kappa shape index (κ3) is 6.97. The van der Waals surface area contributed by atoms with Gasteiger partial charge in [-0.3, -0.25) is 9.59 Å². The number of hydrogen-bond acceptors (Lipinski definition) is 6. The SMILES string of the molecule is CC(O)C1C(=O)[C@@]2(C)C(C)C3C(=O)C4C(O)CCC(C5CCC(CC(O)CC6CCC(OC(C)(C)C)CC6)CC5)C4C[C@@]3(C)C[C@@]2(C)CC1C. The monoisotopic (exact) mass is 699 g/mol. The first-order valence-corrected chi connectivity index (χ1v) is 21.1. The van der Waals surface area contributed by atoms with Crippen LogP contribution in [0, 0.1) is 75.4 Å². The van der Waals surface area contributed by atoms with Crippen LogP contribution in [0.3, 0.4) is 0 Å². The van der Waals surface area contributed by atoms with Crippen molar-refractivity contribution < 1.29 is 29.6 Å². The van der Waals surface area contributed by atoms with Crippen molar-refractivity contribution in [3.63, 3.8) is 0 Å². The second-order valence-corrected chi connectivity index (χ2v) is 21.1. The molecular weight excluding hydrogens is 624 g/mol. The second-order valence-electron chi connectivity index (χ2n) is 21.1. The van der Waals surface area contributed by atoms with Crippen molar-refractivity contribution in [3.05, 3.63) is 0 Å². The molecule has 0 aliphatic heterocycles. The molecule has 286 valence electrons. The lowest BCUT2D eigenvalue weighted by Crippen LogP contribution is -2.69. The van der Waals surface area contributed by atoms with Gasteiger partial charge >= 0.3 is 0 Å². The molecule has 6 saturated carbocycles. The summed E-state index contributed by atoms with van der Waals surface area (Å²) in [6.45, 7) is 19.2. The van der Waals surface area contributed by atoms with Crippen molar-refractivity contribution >= 4 is 11.6 Å². The van der Waals surface area contributed by atoms with Gasteiger partial charge in [-0.05, 0) is 163 Å². The van der Waals surface area contributed by atoms with E-state index in [9.17, 15) is 24.9 Å². The Balaban J connectivity index is 1.09. The molecule has 0 spiro atoms. The zero-order valence-electron chi connectivity index (χ0n) is 33.3. The van der Waals surface area contributed by atoms with Crippen molar-refractivity contribution in [2.75, 3.05) is 0 Å². The average Bonchev–Trinajstić information content (AvgIpc) is 2.99. The minimum Gasteiger partial charge on any atom is -0.393 e. The number of Topliss-reactive ketones (excluding diaryl/α,β-unsaturated/α-hetero) is 2. The standard InChI is InChI=1S/C44H74O6/c1-25-22-43(8)24-42(7)23-34-33(18-19-35(47)37(34)39(48)38(42)26(2)44(43,9)40(49)36(25)27(3)45)30-14-10-28(11-15-30)20-31(46)21-29-12-16-32(17-13-29)50-41(4,5)6/h25-38,45-47H,10-24H2,1-9H3/t25?,26?,27?,28?,29?,30?,31?,32?,33?,34?,35?,36?,37?,38?,42-,43+,44+/m0/s1. The lowest BCUT2D eigenvalue weighted by atomic mass is 9.34. The minimum atomic E-state index is -0.691. The Kier molecular flexibility index (Phi) is 11.0. The summed E-state index contributed by atoms with van der Waals surface area (Å²) < 4.78 is 6.23. The lowest BCUT2D eigenvalue weighted by molar-refractivity contribution is -0.209. The number of aliphatic hydroxyl groups is 3. The molecule has 0 aromatic heterocycles. The fourth-order valence-corrected chi connectivity index (χ4v) is 14.4. The van der Waals surface area contributed by atoms with Crippen LogP contribution in [0.15, 0.2) is 0 Å². The Labute approximate surface area is 304 Å². The van der Waals surface area contributed by atoms with Gasteiger partial charge in [0.05, 0.1) is 30.0 Å². The van der Waals surface area contributed by atoms with Crippen LogP contribution in [0.25, 0.3) is 0 Å². The van der Waals surface area contributed by atoms with Gasteiger partial charge in [-0.25, -0.2) is 0 Å². The summed E-state index contributed by atoms with van der Waals surface area (Å²) >= 11 is 0. The molecule has 6 rings (SSSR count). The number of rotatable bonds is 7. The molecule has 6 fully saturated rings. The Bertz CT molecular complexity index is 1220. The minimum absolute atomic E-state index is 0.0873. The molecule has 0 bridgehead atoms. The predicted octanol–water partition coefficient (Wildman–Crippen LogP) is 8.56. The fourth-order valence-electron chi connectivity index (χ4n) is 14.4. The molecule has 0 aromatic rings. The quantitative estimate of drug-likeness (QED) is 0.246. The number of hydrogen-bond donors (Lipinski definition) is 3. The van der Waals surface area contributed by atoms with E-state index >= 15 is 0 Å². The molecule has 0 amide bonds. The number of fused-ring (bicyclic) bond motifs is 3. The molecule has 3 N–H and O–H groups in total. The molecule has 6 heteroatoms. The zero-order chi connectivity index (χ0) is 36.6. The van der Waals surface area contributed by atoms with Crippen LogP contribution in [-0.4, -0.2) is 56.9 Å². The average molecular weight is 699 g/mol. The van der Waals surface area contributed by atoms with Crippen LogP contribution in [0.2, 0.25) is 0 Å². The first-order valence-electron chi connectivity index (χ1n) is 21.1. The molecule has 0 saturated heterocycles. The maximum absolute atomic E-state index is 14.8. The molecular formula is C44H74O6. The predicted molar refractivity (Wildman–Crippen MR) is 198 cm³/mol. The summed E-state index contributed by atoms with van der Waals surface area (Å²) in [5.74, 6) is 1.86. The Morgan fingerprint density at radius 2 is 1.40 bits per heavy atom. The number of ketones is 2. The molecule has 6 nitrogen and oxygen atoms in total. The molecule has 0 radical (unpaired) electrons. The van der Waals surface area contributed by atoms with E-state index < -0.39 is 17.6 Å². The summed E-state index contributed by atoms with van der Waals surface area (Å²) in [4.78, 5) is 29.2. The van der Waals surface area contributed by atoms with Crippen LogP contribution < -0.4 is 0 Å². The lowest BCUT2D eigenvalue weighted by Gasteiger charge is -2.68. The molecule has 0 heterocycles. The van der Waals surface area contributed by atoms with Gasteiger partial charge < -0.3 is 20.1 Å². The van der Waals surface area contributed by atoms with Gasteiger partial charge in [-0.2, -0.15) is 0 Å². The van der Waals surface area contributed by atoms with E-state index in [1.54, 1.807) is 6.92 Å². The molecule has 6 aliphatic carbocycles. The molecule has 0 aromatic carbocycles. The summed E-state index contributed by atoms with van der Waals surface area (Å²) in [6, 6.07) is 0. The second kappa shape index (κ2) is 14.1. The zero-order valence-corrected chi connectivity index (χ0v) is 33.3. The van der Waals surface area contributed by atoms with Crippen molar-refractivity contribution in [1.82, 2.24) is 0 Å². The molecule has 13 atom stereocenters. The summed E-state index contributed by atoms with van der Waals surface area (Å²) in [6.07, 6.45) is 14.4. The first-order chi connectivity index (χ1) is 23.3. The van der Waals surface area contributed by atoms with Crippen LogP contribution in [0.1, 0.15) is 159 Å². The van der Waals surface area contributed by atoms with Crippen LogP contribution in [0.4, 0.5) is 0 Å². The third-order valence-electron chi connectivity index (χ3n) is 16.5. The van der Waals surface area contributed by atoms with Crippen molar-refractivity contribution in [1.29, 1.82) is 0 Å². The van der Waals surface area contributed by atoms with Crippen LogP contribution in [0.5, 0.6) is 0 Å². The van der Waals surface area contributed by atoms with E-state index in [-0.39, 0.29) is 69.6 Å². The first kappa shape index (κ1) is 38.9. The number of carbonyl (C=O) groups excluding carboxylic acids is 2. The van der Waals surface area contributed by atoms with Gasteiger partial charge in [0.2, 0.25) is 0 Å². The molecule has 10 unspecified atom stereocenters. The highest BCUT2D eigenvalue weighted by Crippen LogP contribution is 2.71. The highest BCUT2D eigenvalue weighted by molar-refractivity contribution is 5.93. The maximum Gasteiger partial charge on any atom is 0.145 e. The van der Waals surface area contributed by atoms with Gasteiger partial charge in [0.25, 0.3) is 0 Å². The fraction of sp³-hybridized carbons (Fsp3) is 0.955. The van der Waals surface area contributed by atoms with Crippen molar-refractivity contribution in [3.8, 4) is 0 Å². The van der Waals surface area contributed by atoms with E-state index in [0.717, 1.165) is 77.0 Å². The number of carbonyl (C=O) groups is 2. The smallest absolute Gasteiger partial charge is 0.145 e. The van der Waals surface area contributed by atoms with Crippen LogP contribution in [-0.2, 0) is 14.3 Å². The maximum atomic E-state index is 14.8. The van der Waals surface area contributed by atoms with Gasteiger partial charge in [0, 0.05) is 23.2 Å². The van der Waals surface area contributed by atoms with E-state index in [1.807, 2.05) is 0 Å². The molecule has 50 heavy (non-hydrogen) atoms. The summed E-state index contributed by atoms with van der Waals surface area (Å²) in [5.41, 5.74) is -1.18. The van der Waals surface area contributed by atoms with Gasteiger partial charge in [0.15, 0.2) is 0 Å². The summed E-state index contributed by atoms with van der Waals surface area (Å²) in [7, 11) is 0. The van der Waals surface area contributed by atoms with Crippen molar-refractivity contribution in [2.24, 2.45) is 75.4 Å². The van der Waals surface area contributed by atoms with Crippen molar-refractivity contribution in [2.45, 2.75) is 189 Å². The summed E-state index contributed by atoms with van der Waals surface area (Å²) in [5, 5.41) is 33.3. The van der Waals surface area contributed by atoms with E-state index in [2.05, 4.69) is 55.4 Å². The number of aliphatic hydroxyl groups excluding tert-OH is 3. The topological polar surface area (TPSA) is 104 Å². The van der Waals surface area contributed by atoms with Gasteiger partial charge in [0.1, 0.15) is 11.6 Å². The van der Waals surface area contributed by atoms with E-state index in [0.29, 0.717) is 36.2 Å². The van der Waals surface area contributed by atoms with E-state index in [1.165, 1.54) is 12.8 Å². The Hall–Kier alpha value is -0.820. The highest BCUT2D eigenvalue weighted by atomic mass is 16.5. The molecule has 6 aliphatic rings. The van der Waals surface area contributed by atoms with E-state index in [4.69, 9.17) is 4.74 Å². The normalized spacial score (nSPS) is 49.8. The van der Waals surface area contributed by atoms with Gasteiger partial charge in [-0.15, -0.1) is 0 Å². The Morgan fingerprint density at radius 1 is 0.820 bits per heavy atom. The third-order valence-corrected chi connectivity index (χ3v) is 16.5. The number of ether oxygens (including phenoxy) is 1. The largest absolute Gasteiger partial charge is 0.393 e. The highest BCUT2D eigenvalue weighted by Gasteiger charge is 2.71.